The van der Waals surface area contributed by atoms with Gasteiger partial charge in [0.15, 0.2) is 5.65 Å². The van der Waals surface area contributed by atoms with Crippen LogP contribution in [0.25, 0.3) is 16.9 Å². The molecular formula is C23H20N4O. The summed E-state index contributed by atoms with van der Waals surface area (Å²) >= 11 is 0. The molecule has 2 heterocycles. The fraction of sp³-hybridized carbons (Fsp3) is 0.174. The molecule has 1 N–H and O–H groups in total. The van der Waals surface area contributed by atoms with Gasteiger partial charge in [-0.1, -0.05) is 60.7 Å². The standard InChI is InChI=1S/C23H20N4O/c1-15-12-22-24-21(14-20(27(22)26-15)17-10-6-3-7-11-17)25-23(28)19-13-18(19)16-8-4-2-5-9-16/h2-12,14,18-19H,13H2,1H3,(H,24,25,28)/t18-,19-/m1/s1. The molecule has 0 bridgehead atoms. The lowest BCUT2D eigenvalue weighted by atomic mass is 10.1. The second-order valence-corrected chi connectivity index (χ2v) is 7.30. The van der Waals surface area contributed by atoms with Gasteiger partial charge < -0.3 is 5.32 Å². The van der Waals surface area contributed by atoms with Crippen LogP contribution in [0.3, 0.4) is 0 Å². The number of hydrogen-bond donors (Lipinski definition) is 1. The summed E-state index contributed by atoms with van der Waals surface area (Å²) in [6.45, 7) is 1.94. The smallest absolute Gasteiger partial charge is 0.229 e. The first-order chi connectivity index (χ1) is 13.7. The van der Waals surface area contributed by atoms with E-state index in [0.717, 1.165) is 29.0 Å². The highest BCUT2D eigenvalue weighted by Gasteiger charge is 2.43. The minimum Gasteiger partial charge on any atom is -0.310 e. The number of aryl methyl sites for hydroxylation is 1. The minimum absolute atomic E-state index is 0.00671. The molecule has 0 unspecified atom stereocenters. The Morgan fingerprint density at radius 2 is 1.75 bits per heavy atom. The number of amides is 1. The first-order valence-corrected chi connectivity index (χ1v) is 9.48. The van der Waals surface area contributed by atoms with Crippen molar-refractivity contribution in [3.8, 4) is 11.3 Å². The van der Waals surface area contributed by atoms with Gasteiger partial charge in [0, 0.05) is 23.6 Å². The topological polar surface area (TPSA) is 59.3 Å². The molecule has 1 fully saturated rings. The molecule has 2 aromatic carbocycles. The normalized spacial score (nSPS) is 18.2. The van der Waals surface area contributed by atoms with E-state index in [0.29, 0.717) is 11.7 Å². The maximum atomic E-state index is 12.8. The van der Waals surface area contributed by atoms with Crippen LogP contribution in [0.1, 0.15) is 23.6 Å². The first kappa shape index (κ1) is 16.7. The molecule has 28 heavy (non-hydrogen) atoms. The predicted molar refractivity (Wildman–Crippen MR) is 109 cm³/mol. The average molecular weight is 368 g/mol. The van der Waals surface area contributed by atoms with Crippen molar-refractivity contribution < 1.29 is 4.79 Å². The number of rotatable bonds is 4. The highest BCUT2D eigenvalue weighted by Crippen LogP contribution is 2.47. The van der Waals surface area contributed by atoms with Crippen molar-refractivity contribution in [2.75, 3.05) is 5.32 Å². The molecular weight excluding hydrogens is 348 g/mol. The number of carbonyl (C=O) groups is 1. The quantitative estimate of drug-likeness (QED) is 0.579. The highest BCUT2D eigenvalue weighted by atomic mass is 16.2. The van der Waals surface area contributed by atoms with Gasteiger partial charge in [0.2, 0.25) is 5.91 Å². The Morgan fingerprint density at radius 3 is 2.50 bits per heavy atom. The number of nitrogens with one attached hydrogen (secondary N) is 1. The summed E-state index contributed by atoms with van der Waals surface area (Å²) in [5.74, 6) is 0.902. The number of nitrogens with zero attached hydrogens (tertiary/aromatic N) is 3. The maximum Gasteiger partial charge on any atom is 0.229 e. The lowest BCUT2D eigenvalue weighted by Crippen LogP contribution is -2.16. The fourth-order valence-corrected chi connectivity index (χ4v) is 3.74. The number of fused-ring (bicyclic) bond motifs is 1. The zero-order valence-corrected chi connectivity index (χ0v) is 15.5. The lowest BCUT2D eigenvalue weighted by Gasteiger charge is -2.09. The van der Waals surface area contributed by atoms with Crippen molar-refractivity contribution in [3.63, 3.8) is 0 Å². The van der Waals surface area contributed by atoms with Gasteiger partial charge in [0.1, 0.15) is 5.82 Å². The predicted octanol–water partition coefficient (Wildman–Crippen LogP) is 4.45. The van der Waals surface area contributed by atoms with Crippen molar-refractivity contribution in [2.24, 2.45) is 5.92 Å². The summed E-state index contributed by atoms with van der Waals surface area (Å²) in [7, 11) is 0. The lowest BCUT2D eigenvalue weighted by molar-refractivity contribution is -0.117. The van der Waals surface area contributed by atoms with Crippen molar-refractivity contribution in [1.82, 2.24) is 14.6 Å². The van der Waals surface area contributed by atoms with Crippen LogP contribution < -0.4 is 5.32 Å². The van der Waals surface area contributed by atoms with E-state index < -0.39 is 0 Å². The number of anilines is 1. The van der Waals surface area contributed by atoms with E-state index in [2.05, 4.69) is 27.5 Å². The Labute approximate surface area is 163 Å². The van der Waals surface area contributed by atoms with E-state index in [4.69, 9.17) is 0 Å². The second-order valence-electron chi connectivity index (χ2n) is 7.30. The Hall–Kier alpha value is -3.47. The molecule has 4 aromatic rings. The molecule has 138 valence electrons. The largest absolute Gasteiger partial charge is 0.310 e. The van der Waals surface area contributed by atoms with Gasteiger partial charge in [0.05, 0.1) is 11.4 Å². The Kier molecular flexibility index (Phi) is 3.93. The van der Waals surface area contributed by atoms with Crippen LogP contribution in [0.2, 0.25) is 0 Å². The second kappa shape index (κ2) is 6.60. The molecule has 0 aliphatic heterocycles. The van der Waals surface area contributed by atoms with Crippen LogP contribution in [0, 0.1) is 12.8 Å². The Bertz CT molecular complexity index is 1150. The zero-order valence-electron chi connectivity index (χ0n) is 15.5. The molecule has 5 nitrogen and oxygen atoms in total. The summed E-state index contributed by atoms with van der Waals surface area (Å²) in [6.07, 6.45) is 0.884. The van der Waals surface area contributed by atoms with E-state index in [9.17, 15) is 4.79 Å². The average Bonchev–Trinajstić information content (AvgIpc) is 3.44. The molecule has 1 saturated carbocycles. The monoisotopic (exact) mass is 368 g/mol. The highest BCUT2D eigenvalue weighted by molar-refractivity contribution is 5.95. The van der Waals surface area contributed by atoms with E-state index in [1.54, 1.807) is 0 Å². The summed E-state index contributed by atoms with van der Waals surface area (Å²) in [4.78, 5) is 17.4. The zero-order chi connectivity index (χ0) is 19.1. The molecule has 1 amide bonds. The van der Waals surface area contributed by atoms with Crippen LogP contribution in [-0.4, -0.2) is 20.5 Å². The van der Waals surface area contributed by atoms with Gasteiger partial charge in [-0.15, -0.1) is 0 Å². The number of benzene rings is 2. The van der Waals surface area contributed by atoms with Gasteiger partial charge >= 0.3 is 0 Å². The van der Waals surface area contributed by atoms with Crippen LogP contribution in [0.5, 0.6) is 0 Å². The van der Waals surface area contributed by atoms with E-state index in [1.807, 2.05) is 72.1 Å². The Balaban J connectivity index is 1.44. The Morgan fingerprint density at radius 1 is 1.04 bits per heavy atom. The van der Waals surface area contributed by atoms with E-state index in [-0.39, 0.29) is 11.8 Å². The molecule has 2 atom stereocenters. The number of carbonyl (C=O) groups excluding carboxylic acids is 1. The number of hydrogen-bond acceptors (Lipinski definition) is 3. The van der Waals surface area contributed by atoms with Crippen LogP contribution in [0.4, 0.5) is 5.82 Å². The van der Waals surface area contributed by atoms with Crippen LogP contribution in [-0.2, 0) is 4.79 Å². The maximum absolute atomic E-state index is 12.8. The summed E-state index contributed by atoms with van der Waals surface area (Å²) in [5, 5.41) is 7.57. The molecule has 1 aliphatic rings. The third kappa shape index (κ3) is 3.05. The fourth-order valence-electron chi connectivity index (χ4n) is 3.74. The summed E-state index contributed by atoms with van der Waals surface area (Å²) in [6, 6.07) is 24.1. The van der Waals surface area contributed by atoms with Gasteiger partial charge in [-0.3, -0.25) is 4.79 Å². The van der Waals surface area contributed by atoms with Crippen molar-refractivity contribution in [3.05, 3.63) is 84.1 Å². The number of aromatic nitrogens is 3. The molecule has 2 aromatic heterocycles. The van der Waals surface area contributed by atoms with Gasteiger partial charge in [-0.05, 0) is 24.8 Å². The molecule has 0 saturated heterocycles. The minimum atomic E-state index is 0.00671. The van der Waals surface area contributed by atoms with Gasteiger partial charge in [-0.25, -0.2) is 9.50 Å². The van der Waals surface area contributed by atoms with Crippen LogP contribution in [0.15, 0.2) is 72.8 Å². The molecule has 1 aliphatic carbocycles. The van der Waals surface area contributed by atoms with Crippen molar-refractivity contribution in [2.45, 2.75) is 19.3 Å². The first-order valence-electron chi connectivity index (χ1n) is 9.48. The summed E-state index contributed by atoms with van der Waals surface area (Å²) in [5.41, 5.74) is 4.78. The molecule has 5 heteroatoms. The van der Waals surface area contributed by atoms with Gasteiger partial charge in [-0.2, -0.15) is 5.10 Å². The van der Waals surface area contributed by atoms with Crippen molar-refractivity contribution >= 4 is 17.4 Å². The molecule has 0 spiro atoms. The summed E-state index contributed by atoms with van der Waals surface area (Å²) < 4.78 is 1.82. The van der Waals surface area contributed by atoms with E-state index in [1.165, 1.54) is 5.56 Å². The van der Waals surface area contributed by atoms with Crippen molar-refractivity contribution in [1.29, 1.82) is 0 Å². The third-order valence-electron chi connectivity index (χ3n) is 5.23. The van der Waals surface area contributed by atoms with Crippen LogP contribution >= 0.6 is 0 Å². The molecule has 5 rings (SSSR count). The third-order valence-corrected chi connectivity index (χ3v) is 5.23. The van der Waals surface area contributed by atoms with E-state index >= 15 is 0 Å². The van der Waals surface area contributed by atoms with Gasteiger partial charge in [0.25, 0.3) is 0 Å². The SMILES string of the molecule is Cc1cc2nc(NC(=O)[C@@H]3C[C@@H]3c3ccccc3)cc(-c3ccccc3)n2n1. The molecule has 0 radical (unpaired) electrons.